The van der Waals surface area contributed by atoms with E-state index < -0.39 is 15.6 Å². The van der Waals surface area contributed by atoms with E-state index in [0.29, 0.717) is 30.0 Å². The molecule has 0 N–H and O–H groups in total. The average molecular weight is 458 g/mol. The third kappa shape index (κ3) is 4.05. The molecule has 3 aromatic rings. The molecule has 1 aliphatic rings. The summed E-state index contributed by atoms with van der Waals surface area (Å²) in [5.41, 5.74) is 1.89. The van der Waals surface area contributed by atoms with Gasteiger partial charge >= 0.3 is 0 Å². The Morgan fingerprint density at radius 2 is 1.78 bits per heavy atom. The Hall–Kier alpha value is -3.04. The molecule has 1 fully saturated rings. The highest BCUT2D eigenvalue weighted by Gasteiger charge is 2.28. The molecule has 0 unspecified atom stereocenters. The van der Waals surface area contributed by atoms with Crippen LogP contribution in [-0.2, 0) is 16.6 Å². The van der Waals surface area contributed by atoms with E-state index in [4.69, 9.17) is 0 Å². The molecule has 0 atom stereocenters. The zero-order valence-electron chi connectivity index (χ0n) is 17.9. The molecular weight excluding hydrogens is 433 g/mol. The van der Waals surface area contributed by atoms with Crippen molar-refractivity contribution < 1.29 is 17.6 Å². The number of carbonyl (C=O) groups is 1. The SMILES string of the molecule is Cc1cc(C(=O)Cn2cc(S(=O)(=O)N3CCCC3)ccc2=O)c(C)n1-c1cccc(F)c1. The lowest BCUT2D eigenvalue weighted by molar-refractivity contribution is 0.0970. The first-order valence-electron chi connectivity index (χ1n) is 10.4. The first-order valence-corrected chi connectivity index (χ1v) is 11.8. The van der Waals surface area contributed by atoms with E-state index in [1.165, 1.54) is 34.8 Å². The number of pyridine rings is 1. The van der Waals surface area contributed by atoms with Crippen molar-refractivity contribution in [3.63, 3.8) is 0 Å². The van der Waals surface area contributed by atoms with E-state index in [1.54, 1.807) is 29.7 Å². The van der Waals surface area contributed by atoms with Crippen LogP contribution in [0.4, 0.5) is 4.39 Å². The number of ketones is 1. The molecule has 0 aliphatic carbocycles. The second-order valence-corrected chi connectivity index (χ2v) is 9.90. The van der Waals surface area contributed by atoms with Crippen molar-refractivity contribution in [1.82, 2.24) is 13.4 Å². The number of sulfonamides is 1. The highest BCUT2D eigenvalue weighted by atomic mass is 32.2. The van der Waals surface area contributed by atoms with Crippen LogP contribution in [0.5, 0.6) is 0 Å². The lowest BCUT2D eigenvalue weighted by Gasteiger charge is -2.16. The van der Waals surface area contributed by atoms with Gasteiger partial charge in [0.25, 0.3) is 5.56 Å². The van der Waals surface area contributed by atoms with Crippen LogP contribution in [0.3, 0.4) is 0 Å². The van der Waals surface area contributed by atoms with Gasteiger partial charge in [0.15, 0.2) is 5.78 Å². The van der Waals surface area contributed by atoms with Crippen molar-refractivity contribution in [3.05, 3.63) is 81.8 Å². The lowest BCUT2D eigenvalue weighted by Crippen LogP contribution is -2.30. The van der Waals surface area contributed by atoms with E-state index in [0.717, 1.165) is 23.1 Å². The number of nitrogens with zero attached hydrogens (tertiary/aromatic N) is 3. The van der Waals surface area contributed by atoms with Crippen molar-refractivity contribution in [1.29, 1.82) is 0 Å². The number of carbonyl (C=O) groups excluding carboxylic acids is 1. The number of halogens is 1. The Balaban J connectivity index is 1.65. The fraction of sp³-hybridized carbons (Fsp3) is 0.304. The number of aryl methyl sites for hydroxylation is 1. The highest BCUT2D eigenvalue weighted by molar-refractivity contribution is 7.89. The van der Waals surface area contributed by atoms with Crippen LogP contribution in [-0.4, -0.2) is 40.7 Å². The Morgan fingerprint density at radius 3 is 2.47 bits per heavy atom. The van der Waals surface area contributed by atoms with Gasteiger partial charge in [0.2, 0.25) is 10.0 Å². The van der Waals surface area contributed by atoms with Crippen molar-refractivity contribution in [2.45, 2.75) is 38.1 Å². The van der Waals surface area contributed by atoms with Gasteiger partial charge in [-0.1, -0.05) is 6.07 Å². The molecule has 0 saturated carbocycles. The Bertz CT molecular complexity index is 1350. The second-order valence-electron chi connectivity index (χ2n) is 7.97. The summed E-state index contributed by atoms with van der Waals surface area (Å²) in [6.07, 6.45) is 2.84. The average Bonchev–Trinajstić information content (AvgIpc) is 3.38. The number of aromatic nitrogens is 2. The predicted molar refractivity (Wildman–Crippen MR) is 118 cm³/mol. The van der Waals surface area contributed by atoms with Gasteiger partial charge in [-0.25, -0.2) is 12.8 Å². The minimum atomic E-state index is -3.71. The highest BCUT2D eigenvalue weighted by Crippen LogP contribution is 2.23. The van der Waals surface area contributed by atoms with Crippen molar-refractivity contribution in [2.75, 3.05) is 13.1 Å². The monoisotopic (exact) mass is 457 g/mol. The van der Waals surface area contributed by atoms with E-state index in [2.05, 4.69) is 0 Å². The molecule has 9 heteroatoms. The molecule has 0 radical (unpaired) electrons. The third-order valence-corrected chi connectivity index (χ3v) is 7.65. The molecule has 0 amide bonds. The molecule has 1 aliphatic heterocycles. The topological polar surface area (TPSA) is 81.4 Å². The van der Waals surface area contributed by atoms with Crippen molar-refractivity contribution >= 4 is 15.8 Å². The molecule has 2 aromatic heterocycles. The van der Waals surface area contributed by atoms with Crippen LogP contribution >= 0.6 is 0 Å². The zero-order chi connectivity index (χ0) is 23.0. The van der Waals surface area contributed by atoms with Crippen molar-refractivity contribution in [3.8, 4) is 5.69 Å². The number of benzene rings is 1. The van der Waals surface area contributed by atoms with E-state index in [9.17, 15) is 22.4 Å². The van der Waals surface area contributed by atoms with Gasteiger partial charge in [-0.15, -0.1) is 0 Å². The summed E-state index contributed by atoms with van der Waals surface area (Å²) in [7, 11) is -3.71. The van der Waals surface area contributed by atoms with Gasteiger partial charge in [-0.05, 0) is 57.0 Å². The summed E-state index contributed by atoms with van der Waals surface area (Å²) in [6, 6.07) is 10.2. The standard InChI is InChI=1S/C23H24FN3O4S/c1-16-12-21(17(2)27(16)19-7-5-6-18(24)13-19)22(28)15-25-14-20(8-9-23(25)29)32(30,31)26-10-3-4-11-26/h5-9,12-14H,3-4,10-11,15H2,1-2H3. The molecule has 32 heavy (non-hydrogen) atoms. The molecular formula is C23H24FN3O4S. The Labute approximate surface area is 185 Å². The van der Waals surface area contributed by atoms with Gasteiger partial charge < -0.3 is 9.13 Å². The minimum absolute atomic E-state index is 0.00275. The van der Waals surface area contributed by atoms with E-state index in [-0.39, 0.29) is 23.0 Å². The Morgan fingerprint density at radius 1 is 1.06 bits per heavy atom. The van der Waals surface area contributed by atoms with Crippen LogP contribution in [0, 0.1) is 19.7 Å². The lowest BCUT2D eigenvalue weighted by atomic mass is 10.1. The first-order chi connectivity index (χ1) is 15.2. The van der Waals surface area contributed by atoms with E-state index >= 15 is 0 Å². The van der Waals surface area contributed by atoms with Crippen LogP contribution in [0.15, 0.2) is 58.4 Å². The van der Waals surface area contributed by atoms with Crippen LogP contribution in [0.25, 0.3) is 5.69 Å². The summed E-state index contributed by atoms with van der Waals surface area (Å²) in [6.45, 7) is 4.17. The van der Waals surface area contributed by atoms with Crippen LogP contribution in [0.1, 0.15) is 34.6 Å². The summed E-state index contributed by atoms with van der Waals surface area (Å²) < 4.78 is 43.6. The summed E-state index contributed by atoms with van der Waals surface area (Å²) >= 11 is 0. The largest absolute Gasteiger partial charge is 0.318 e. The van der Waals surface area contributed by atoms with Crippen LogP contribution in [0.2, 0.25) is 0 Å². The summed E-state index contributed by atoms with van der Waals surface area (Å²) in [4.78, 5) is 25.4. The first kappa shape index (κ1) is 22.2. The quantitative estimate of drug-likeness (QED) is 0.533. The maximum atomic E-state index is 13.7. The van der Waals surface area contributed by atoms with Gasteiger partial charge in [0.1, 0.15) is 5.82 Å². The fourth-order valence-electron chi connectivity index (χ4n) is 4.16. The van der Waals surface area contributed by atoms with Crippen molar-refractivity contribution in [2.24, 2.45) is 0 Å². The predicted octanol–water partition coefficient (Wildman–Crippen LogP) is 3.06. The maximum absolute atomic E-state index is 13.7. The molecule has 4 rings (SSSR count). The number of Topliss-reactive ketones (excluding diaryl/α,β-unsaturated/α-hetero) is 1. The molecule has 3 heterocycles. The third-order valence-electron chi connectivity index (χ3n) is 5.77. The summed E-state index contributed by atoms with van der Waals surface area (Å²) in [5, 5.41) is 0. The molecule has 168 valence electrons. The smallest absolute Gasteiger partial charge is 0.251 e. The fourth-order valence-corrected chi connectivity index (χ4v) is 5.70. The van der Waals surface area contributed by atoms with Gasteiger partial charge in [0, 0.05) is 48.0 Å². The number of hydrogen-bond donors (Lipinski definition) is 0. The number of hydrogen-bond acceptors (Lipinski definition) is 4. The zero-order valence-corrected chi connectivity index (χ0v) is 18.7. The molecule has 1 saturated heterocycles. The maximum Gasteiger partial charge on any atom is 0.251 e. The number of rotatable bonds is 6. The van der Waals surface area contributed by atoms with Crippen LogP contribution < -0.4 is 5.56 Å². The van der Waals surface area contributed by atoms with E-state index in [1.807, 2.05) is 6.92 Å². The summed E-state index contributed by atoms with van der Waals surface area (Å²) in [5.74, 6) is -0.718. The van der Waals surface area contributed by atoms with Gasteiger partial charge in [0.05, 0.1) is 11.4 Å². The van der Waals surface area contributed by atoms with Gasteiger partial charge in [-0.2, -0.15) is 4.31 Å². The Kier molecular flexibility index (Phi) is 5.87. The second kappa shape index (κ2) is 8.48. The normalized spacial score (nSPS) is 14.7. The molecule has 0 bridgehead atoms. The van der Waals surface area contributed by atoms with Gasteiger partial charge in [-0.3, -0.25) is 9.59 Å². The molecule has 1 aromatic carbocycles. The molecule has 7 nitrogen and oxygen atoms in total. The minimum Gasteiger partial charge on any atom is -0.318 e. The molecule has 0 spiro atoms.